The second kappa shape index (κ2) is 7.20. The number of aryl methyl sites for hydroxylation is 2. The number of hydrogen-bond donors (Lipinski definition) is 0. The van der Waals surface area contributed by atoms with E-state index in [2.05, 4.69) is 0 Å². The van der Waals surface area contributed by atoms with Crippen LogP contribution in [0.5, 0.6) is 0 Å². The monoisotopic (exact) mass is 392 g/mol. The first-order valence-electron chi connectivity index (χ1n) is 9.27. The Morgan fingerprint density at radius 1 is 0.815 bits per heavy atom. The lowest BCUT2D eigenvalue weighted by molar-refractivity contribution is 0.383. The minimum atomic E-state index is -3.57. The molecule has 0 bridgehead atoms. The number of fused-ring (bicyclic) bond motifs is 1. The molecule has 2 aromatic carbocycles. The van der Waals surface area contributed by atoms with Crippen LogP contribution in [0.2, 0.25) is 0 Å². The number of anilines is 1. The zero-order chi connectivity index (χ0) is 19.0. The van der Waals surface area contributed by atoms with Crippen LogP contribution in [0.4, 0.5) is 14.5 Å². The van der Waals surface area contributed by atoms with Crippen molar-refractivity contribution in [3.8, 4) is 0 Å². The van der Waals surface area contributed by atoms with E-state index < -0.39 is 21.7 Å². The van der Waals surface area contributed by atoms with Crippen LogP contribution in [0.25, 0.3) is 0 Å². The van der Waals surface area contributed by atoms with Gasteiger partial charge in [0.25, 0.3) is 0 Å². The highest BCUT2D eigenvalue weighted by atomic mass is 32.2. The van der Waals surface area contributed by atoms with Gasteiger partial charge in [-0.05, 0) is 61.1 Å². The number of sulfonamides is 1. The summed E-state index contributed by atoms with van der Waals surface area (Å²) in [5, 5.41) is 0. The van der Waals surface area contributed by atoms with E-state index in [1.54, 1.807) is 11.0 Å². The Labute approximate surface area is 158 Å². The van der Waals surface area contributed by atoms with Crippen LogP contribution in [0.1, 0.15) is 24.0 Å². The zero-order valence-electron chi connectivity index (χ0n) is 15.0. The Hall–Kier alpha value is -1.99. The molecule has 0 saturated carbocycles. The zero-order valence-corrected chi connectivity index (χ0v) is 15.8. The smallest absolute Gasteiger partial charge is 0.243 e. The van der Waals surface area contributed by atoms with Gasteiger partial charge in [0.1, 0.15) is 11.6 Å². The van der Waals surface area contributed by atoms with Crippen molar-refractivity contribution >= 4 is 15.7 Å². The van der Waals surface area contributed by atoms with Crippen LogP contribution in [-0.4, -0.2) is 38.9 Å². The molecule has 0 spiro atoms. The van der Waals surface area contributed by atoms with Gasteiger partial charge in [-0.1, -0.05) is 6.07 Å². The molecular formula is C20H22F2N2O2S. The standard InChI is InChI=1S/C20H22F2N2O2S/c21-17-6-8-20(19(22)14-17)23-9-11-24(12-10-23)27(25,26)18-7-5-15-3-1-2-4-16(15)13-18/h5-8,13-14H,1-4,9-12H2. The fourth-order valence-corrected chi connectivity index (χ4v) is 5.40. The summed E-state index contributed by atoms with van der Waals surface area (Å²) < 4.78 is 54.5. The minimum absolute atomic E-state index is 0.274. The summed E-state index contributed by atoms with van der Waals surface area (Å²) in [5.74, 6) is -1.24. The summed E-state index contributed by atoms with van der Waals surface area (Å²) in [6.07, 6.45) is 4.19. The Morgan fingerprint density at radius 2 is 1.52 bits per heavy atom. The molecule has 1 saturated heterocycles. The summed E-state index contributed by atoms with van der Waals surface area (Å²) in [4.78, 5) is 2.10. The normalized spacial score (nSPS) is 18.4. The van der Waals surface area contributed by atoms with Crippen LogP contribution < -0.4 is 4.90 Å². The summed E-state index contributed by atoms with van der Waals surface area (Å²) in [7, 11) is -3.57. The van der Waals surface area contributed by atoms with Crippen molar-refractivity contribution in [3.63, 3.8) is 0 Å². The Morgan fingerprint density at radius 3 is 2.22 bits per heavy atom. The first-order chi connectivity index (χ1) is 12.9. The molecule has 1 aliphatic carbocycles. The molecular weight excluding hydrogens is 370 g/mol. The third-order valence-corrected chi connectivity index (χ3v) is 7.34. The van der Waals surface area contributed by atoms with E-state index in [0.717, 1.165) is 37.3 Å². The molecule has 0 amide bonds. The van der Waals surface area contributed by atoms with E-state index >= 15 is 0 Å². The molecule has 0 unspecified atom stereocenters. The molecule has 144 valence electrons. The predicted molar refractivity (Wildman–Crippen MR) is 100 cm³/mol. The molecule has 1 fully saturated rings. The van der Waals surface area contributed by atoms with E-state index in [1.165, 1.54) is 22.0 Å². The summed E-state index contributed by atoms with van der Waals surface area (Å²) in [6.45, 7) is 1.28. The maximum atomic E-state index is 14.0. The van der Waals surface area contributed by atoms with Crippen LogP contribution in [0.3, 0.4) is 0 Å². The van der Waals surface area contributed by atoms with Crippen LogP contribution in [0.15, 0.2) is 41.3 Å². The molecule has 0 atom stereocenters. The molecule has 2 aliphatic rings. The number of rotatable bonds is 3. The molecule has 7 heteroatoms. The first kappa shape index (κ1) is 18.4. The van der Waals surface area contributed by atoms with Gasteiger partial charge < -0.3 is 4.90 Å². The van der Waals surface area contributed by atoms with E-state index in [0.29, 0.717) is 23.7 Å². The number of benzene rings is 2. The SMILES string of the molecule is O=S(=O)(c1ccc2c(c1)CCCC2)N1CCN(c2ccc(F)cc2F)CC1. The third-order valence-electron chi connectivity index (χ3n) is 5.45. The molecule has 0 aromatic heterocycles. The highest BCUT2D eigenvalue weighted by Crippen LogP contribution is 2.27. The summed E-state index contributed by atoms with van der Waals surface area (Å²) in [5.41, 5.74) is 2.69. The van der Waals surface area contributed by atoms with E-state index in [-0.39, 0.29) is 13.1 Å². The second-order valence-electron chi connectivity index (χ2n) is 7.12. The van der Waals surface area contributed by atoms with Crippen molar-refractivity contribution in [2.24, 2.45) is 0 Å². The number of halogens is 2. The van der Waals surface area contributed by atoms with Gasteiger partial charge in [-0.15, -0.1) is 0 Å². The maximum absolute atomic E-state index is 14.0. The topological polar surface area (TPSA) is 40.6 Å². The van der Waals surface area contributed by atoms with Crippen molar-refractivity contribution in [2.45, 2.75) is 30.6 Å². The van der Waals surface area contributed by atoms with Gasteiger partial charge in [-0.25, -0.2) is 17.2 Å². The second-order valence-corrected chi connectivity index (χ2v) is 9.06. The van der Waals surface area contributed by atoms with Gasteiger partial charge in [-0.3, -0.25) is 0 Å². The number of piperazine rings is 1. The van der Waals surface area contributed by atoms with Gasteiger partial charge in [0.15, 0.2) is 0 Å². The van der Waals surface area contributed by atoms with Gasteiger partial charge >= 0.3 is 0 Å². The molecule has 0 radical (unpaired) electrons. The van der Waals surface area contributed by atoms with Gasteiger partial charge in [0.05, 0.1) is 10.6 Å². The van der Waals surface area contributed by atoms with E-state index in [9.17, 15) is 17.2 Å². The van der Waals surface area contributed by atoms with Crippen molar-refractivity contribution < 1.29 is 17.2 Å². The highest BCUT2D eigenvalue weighted by molar-refractivity contribution is 7.89. The lowest BCUT2D eigenvalue weighted by Gasteiger charge is -2.35. The third kappa shape index (κ3) is 3.58. The maximum Gasteiger partial charge on any atom is 0.243 e. The number of nitrogens with zero attached hydrogens (tertiary/aromatic N) is 2. The predicted octanol–water partition coefficient (Wildman–Crippen LogP) is 3.35. The average Bonchev–Trinajstić information content (AvgIpc) is 2.68. The van der Waals surface area contributed by atoms with E-state index in [1.807, 2.05) is 12.1 Å². The molecule has 4 nitrogen and oxygen atoms in total. The Kier molecular flexibility index (Phi) is 4.90. The molecule has 0 N–H and O–H groups in total. The Bertz CT molecular complexity index is 954. The largest absolute Gasteiger partial charge is 0.367 e. The van der Waals surface area contributed by atoms with Crippen molar-refractivity contribution in [3.05, 3.63) is 59.2 Å². The van der Waals surface area contributed by atoms with Crippen LogP contribution in [-0.2, 0) is 22.9 Å². The van der Waals surface area contributed by atoms with Gasteiger partial charge in [-0.2, -0.15) is 4.31 Å². The molecule has 1 aliphatic heterocycles. The van der Waals surface area contributed by atoms with E-state index in [4.69, 9.17) is 0 Å². The molecule has 2 aromatic rings. The fourth-order valence-electron chi connectivity index (χ4n) is 3.93. The minimum Gasteiger partial charge on any atom is -0.367 e. The molecule has 4 rings (SSSR count). The lowest BCUT2D eigenvalue weighted by Crippen LogP contribution is -2.48. The lowest BCUT2D eigenvalue weighted by atomic mass is 9.92. The summed E-state index contributed by atoms with van der Waals surface area (Å²) >= 11 is 0. The van der Waals surface area contributed by atoms with Crippen LogP contribution in [0, 0.1) is 11.6 Å². The molecule has 27 heavy (non-hydrogen) atoms. The fraction of sp³-hybridized carbons (Fsp3) is 0.400. The van der Waals surface area contributed by atoms with Crippen LogP contribution >= 0.6 is 0 Å². The Balaban J connectivity index is 1.50. The summed E-state index contributed by atoms with van der Waals surface area (Å²) in [6, 6.07) is 8.92. The average molecular weight is 392 g/mol. The van der Waals surface area contributed by atoms with Crippen molar-refractivity contribution in [1.29, 1.82) is 0 Å². The highest BCUT2D eigenvalue weighted by Gasteiger charge is 2.30. The quantitative estimate of drug-likeness (QED) is 0.804. The van der Waals surface area contributed by atoms with Crippen molar-refractivity contribution in [1.82, 2.24) is 4.31 Å². The number of hydrogen-bond acceptors (Lipinski definition) is 3. The first-order valence-corrected chi connectivity index (χ1v) is 10.7. The van der Waals surface area contributed by atoms with Gasteiger partial charge in [0, 0.05) is 32.2 Å². The van der Waals surface area contributed by atoms with Gasteiger partial charge in [0.2, 0.25) is 10.0 Å². The molecule has 1 heterocycles. The van der Waals surface area contributed by atoms with Crippen molar-refractivity contribution in [2.75, 3.05) is 31.1 Å².